The summed E-state index contributed by atoms with van der Waals surface area (Å²) in [6.07, 6.45) is 0. The summed E-state index contributed by atoms with van der Waals surface area (Å²) in [6, 6.07) is 6.40. The third-order valence-electron chi connectivity index (χ3n) is 0.893. The number of hydrogen-bond donors (Lipinski definition) is 2. The molecule has 45 valence electrons. The molecule has 1 rings (SSSR count). The average Bonchev–Trinajstić information content (AvgIpc) is 1.77. The Hall–Kier alpha value is -0.0761. The minimum Gasteiger partial charge on any atom is -0.508 e. The Kier molecular flexibility index (Phi) is 3.82. The van der Waals surface area contributed by atoms with Crippen LogP contribution in [0.4, 0.5) is 5.69 Å². The van der Waals surface area contributed by atoms with E-state index < -0.39 is 0 Å². The zero-order valence-electron chi connectivity index (χ0n) is 4.91. The van der Waals surface area contributed by atoms with E-state index in [0.29, 0.717) is 5.69 Å². The molecule has 0 heterocycles. The van der Waals surface area contributed by atoms with E-state index in [1.165, 1.54) is 0 Å². The molecule has 0 aliphatic heterocycles. The second-order valence-electron chi connectivity index (χ2n) is 1.59. The Labute approximate surface area is 78.9 Å². The van der Waals surface area contributed by atoms with Crippen molar-refractivity contribution >= 4 is 5.69 Å². The summed E-state index contributed by atoms with van der Waals surface area (Å²) in [5.74, 6) is 0.249. The molecule has 1 aromatic rings. The molecule has 0 unspecified atom stereocenters. The molecule has 9 heavy (non-hydrogen) atoms. The van der Waals surface area contributed by atoms with Gasteiger partial charge in [-0.2, -0.15) is 0 Å². The molecule has 1 radical (unpaired) electrons. The zero-order chi connectivity index (χ0) is 5.98. The van der Waals surface area contributed by atoms with Crippen LogP contribution in [0.3, 0.4) is 0 Å². The third-order valence-corrected chi connectivity index (χ3v) is 0.893. The van der Waals surface area contributed by atoms with Crippen LogP contribution in [0.1, 0.15) is 0 Å². The van der Waals surface area contributed by atoms with Crippen molar-refractivity contribution in [3.05, 3.63) is 24.3 Å². The first-order chi connectivity index (χ1) is 3.79. The second-order valence-corrected chi connectivity index (χ2v) is 1.59. The number of rotatable bonds is 0. The minimum atomic E-state index is 0. The van der Waals surface area contributed by atoms with Crippen LogP contribution in [0.25, 0.3) is 0 Å². The van der Waals surface area contributed by atoms with Crippen LogP contribution < -0.4 is 5.73 Å². The van der Waals surface area contributed by atoms with E-state index >= 15 is 0 Å². The van der Waals surface area contributed by atoms with Gasteiger partial charge in [-0.25, -0.2) is 0 Å². The summed E-state index contributed by atoms with van der Waals surface area (Å²) in [5, 5.41) is 8.70. The van der Waals surface area contributed by atoms with Gasteiger partial charge in [-0.05, 0) is 24.3 Å². The fourth-order valence-electron chi connectivity index (χ4n) is 0.474. The zero-order valence-corrected chi connectivity index (χ0v) is 7.75. The van der Waals surface area contributed by atoms with E-state index in [9.17, 15) is 0 Å². The van der Waals surface area contributed by atoms with Crippen LogP contribution in [-0.2, 0) is 32.7 Å². The van der Waals surface area contributed by atoms with Crippen LogP contribution in [0.2, 0.25) is 0 Å². The minimum absolute atomic E-state index is 0. The number of hydrogen-bond acceptors (Lipinski definition) is 2. The van der Waals surface area contributed by atoms with E-state index in [2.05, 4.69) is 0 Å². The summed E-state index contributed by atoms with van der Waals surface area (Å²) in [6.45, 7) is 0. The van der Waals surface area contributed by atoms with Crippen LogP contribution >= 0.6 is 0 Å². The van der Waals surface area contributed by atoms with E-state index in [0.717, 1.165) is 0 Å². The predicted octanol–water partition coefficient (Wildman–Crippen LogP) is 0.972. The summed E-state index contributed by atoms with van der Waals surface area (Å²) in [7, 11) is 0. The first-order valence-corrected chi connectivity index (χ1v) is 2.33. The van der Waals surface area contributed by atoms with E-state index in [1.807, 2.05) is 0 Å². The van der Waals surface area contributed by atoms with Crippen molar-refractivity contribution in [2.24, 2.45) is 0 Å². The standard InChI is InChI=1S/C6H7NO.Y/c7-5-1-3-6(8)4-2-5;/h1-4,8H,7H2;. The summed E-state index contributed by atoms with van der Waals surface area (Å²) in [5.41, 5.74) is 5.98. The molecule has 0 bridgehead atoms. The summed E-state index contributed by atoms with van der Waals surface area (Å²) < 4.78 is 0. The van der Waals surface area contributed by atoms with E-state index in [-0.39, 0.29) is 38.5 Å². The Bertz CT molecular complexity index is 152. The van der Waals surface area contributed by atoms with Gasteiger partial charge in [0.15, 0.2) is 0 Å². The normalized spacial score (nSPS) is 8.00. The molecule has 3 N–H and O–H groups in total. The molecule has 0 saturated carbocycles. The molecule has 0 fully saturated rings. The van der Waals surface area contributed by atoms with Crippen molar-refractivity contribution in [2.45, 2.75) is 0 Å². The second kappa shape index (κ2) is 3.86. The molecule has 3 heteroatoms. The van der Waals surface area contributed by atoms with E-state index in [4.69, 9.17) is 10.8 Å². The third kappa shape index (κ3) is 2.82. The van der Waals surface area contributed by atoms with Gasteiger partial charge in [0.25, 0.3) is 0 Å². The first-order valence-electron chi connectivity index (χ1n) is 2.33. The largest absolute Gasteiger partial charge is 0.508 e. The number of benzene rings is 1. The fourth-order valence-corrected chi connectivity index (χ4v) is 0.474. The van der Waals surface area contributed by atoms with E-state index in [1.54, 1.807) is 24.3 Å². The van der Waals surface area contributed by atoms with Crippen LogP contribution in [0.15, 0.2) is 24.3 Å². The topological polar surface area (TPSA) is 46.2 Å². The number of nitrogens with two attached hydrogens (primary N) is 1. The fraction of sp³-hybridized carbons (Fsp3) is 0. The van der Waals surface area contributed by atoms with Crippen molar-refractivity contribution in [1.29, 1.82) is 0 Å². The average molecular weight is 198 g/mol. The quantitative estimate of drug-likeness (QED) is 0.482. The Morgan fingerprint density at radius 1 is 1.11 bits per heavy atom. The molecule has 0 aliphatic rings. The summed E-state index contributed by atoms with van der Waals surface area (Å²) >= 11 is 0. The predicted molar refractivity (Wildman–Crippen MR) is 32.5 cm³/mol. The van der Waals surface area contributed by atoms with Gasteiger partial charge in [-0.15, -0.1) is 0 Å². The first kappa shape index (κ1) is 8.92. The number of anilines is 1. The Balaban J connectivity index is 0.000000640. The maximum Gasteiger partial charge on any atom is 0.115 e. The molecule has 1 aromatic carbocycles. The number of phenols is 1. The number of nitrogen functional groups attached to an aromatic ring is 1. The van der Waals surface area contributed by atoms with Gasteiger partial charge in [0.05, 0.1) is 0 Å². The maximum absolute atomic E-state index is 8.70. The van der Waals surface area contributed by atoms with Crippen molar-refractivity contribution in [1.82, 2.24) is 0 Å². The molecule has 0 spiro atoms. The van der Waals surface area contributed by atoms with Gasteiger partial charge in [0.2, 0.25) is 0 Å². The number of aromatic hydroxyl groups is 1. The Morgan fingerprint density at radius 2 is 1.56 bits per heavy atom. The van der Waals surface area contributed by atoms with Crippen molar-refractivity contribution in [3.8, 4) is 5.75 Å². The van der Waals surface area contributed by atoms with Gasteiger partial charge >= 0.3 is 0 Å². The SMILES string of the molecule is Nc1ccc(O)cc1.[Y]. The van der Waals surface area contributed by atoms with Gasteiger partial charge in [0.1, 0.15) is 5.75 Å². The molecule has 0 atom stereocenters. The van der Waals surface area contributed by atoms with Crippen molar-refractivity contribution in [2.75, 3.05) is 5.73 Å². The van der Waals surface area contributed by atoms with Crippen LogP contribution in [0.5, 0.6) is 5.75 Å². The molecule has 0 saturated heterocycles. The van der Waals surface area contributed by atoms with Gasteiger partial charge in [-0.3, -0.25) is 0 Å². The molecular weight excluding hydrogens is 191 g/mol. The monoisotopic (exact) mass is 198 g/mol. The Morgan fingerprint density at radius 3 is 1.89 bits per heavy atom. The van der Waals surface area contributed by atoms with Gasteiger partial charge < -0.3 is 10.8 Å². The maximum atomic E-state index is 8.70. The molecule has 0 aliphatic carbocycles. The van der Waals surface area contributed by atoms with Crippen LogP contribution in [0, 0.1) is 0 Å². The van der Waals surface area contributed by atoms with Gasteiger partial charge in [-0.1, -0.05) is 0 Å². The van der Waals surface area contributed by atoms with Crippen LogP contribution in [-0.4, -0.2) is 5.11 Å². The summed E-state index contributed by atoms with van der Waals surface area (Å²) in [4.78, 5) is 0. The molecular formula is C6H7NOY. The van der Waals surface area contributed by atoms with Crippen molar-refractivity contribution < 1.29 is 37.8 Å². The van der Waals surface area contributed by atoms with Crippen molar-refractivity contribution in [3.63, 3.8) is 0 Å². The smallest absolute Gasteiger partial charge is 0.115 e. The molecule has 2 nitrogen and oxygen atoms in total. The molecule has 0 amide bonds. The molecule has 0 aromatic heterocycles. The van der Waals surface area contributed by atoms with Gasteiger partial charge in [0, 0.05) is 38.4 Å². The number of phenolic OH excluding ortho intramolecular Hbond substituents is 1.